The first-order chi connectivity index (χ1) is 11.8. The Kier molecular flexibility index (Phi) is 5.26. The molecule has 2 amide bonds. The molecule has 1 fully saturated rings. The largest absolute Gasteiger partial charge is 0.489 e. The van der Waals surface area contributed by atoms with Crippen molar-refractivity contribution in [2.24, 2.45) is 5.10 Å². The van der Waals surface area contributed by atoms with E-state index in [1.807, 2.05) is 54.6 Å². The number of nitrogens with one attached hydrogen (secondary N) is 4. The molecule has 7 heteroatoms. The van der Waals surface area contributed by atoms with Gasteiger partial charge in [-0.05, 0) is 35.4 Å². The van der Waals surface area contributed by atoms with Crippen molar-refractivity contribution in [2.75, 3.05) is 6.54 Å². The number of amides is 2. The van der Waals surface area contributed by atoms with Gasteiger partial charge in [0.2, 0.25) is 0 Å². The van der Waals surface area contributed by atoms with Crippen LogP contribution >= 0.6 is 0 Å². The molecular weight excluding hydrogens is 306 g/mol. The summed E-state index contributed by atoms with van der Waals surface area (Å²) in [7, 11) is 0. The van der Waals surface area contributed by atoms with Gasteiger partial charge in [0.15, 0.2) is 0 Å². The second-order valence-electron chi connectivity index (χ2n) is 5.26. The molecule has 0 bridgehead atoms. The van der Waals surface area contributed by atoms with Crippen molar-refractivity contribution in [3.63, 3.8) is 0 Å². The zero-order chi connectivity index (χ0) is 16.6. The number of hydrogen-bond donors (Lipinski definition) is 4. The Labute approximate surface area is 140 Å². The van der Waals surface area contributed by atoms with Crippen LogP contribution in [0.5, 0.6) is 5.75 Å². The molecule has 0 radical (unpaired) electrons. The molecule has 1 saturated heterocycles. The lowest BCUT2D eigenvalue weighted by molar-refractivity contribution is 0.217. The topological polar surface area (TPSA) is 86.8 Å². The van der Waals surface area contributed by atoms with Crippen LogP contribution in [0.15, 0.2) is 59.7 Å². The smallest absolute Gasteiger partial charge is 0.330 e. The van der Waals surface area contributed by atoms with Crippen LogP contribution in [0.4, 0.5) is 4.79 Å². The van der Waals surface area contributed by atoms with E-state index in [-0.39, 0.29) is 12.2 Å². The number of nitrogens with zero attached hydrogens (tertiary/aromatic N) is 1. The summed E-state index contributed by atoms with van der Waals surface area (Å²) < 4.78 is 5.74. The third-order valence-corrected chi connectivity index (χ3v) is 3.39. The van der Waals surface area contributed by atoms with Gasteiger partial charge in [-0.15, -0.1) is 0 Å². The van der Waals surface area contributed by atoms with E-state index in [1.165, 1.54) is 0 Å². The fraction of sp³-hybridized carbons (Fsp3) is 0.176. The fourth-order valence-corrected chi connectivity index (χ4v) is 2.15. The molecule has 7 nitrogen and oxygen atoms in total. The van der Waals surface area contributed by atoms with Gasteiger partial charge in [-0.3, -0.25) is 10.9 Å². The Hall–Kier alpha value is -3.06. The molecule has 1 aliphatic rings. The summed E-state index contributed by atoms with van der Waals surface area (Å²) in [4.78, 5) is 11.1. The highest BCUT2D eigenvalue weighted by molar-refractivity contribution is 5.79. The van der Waals surface area contributed by atoms with E-state index in [4.69, 9.17) is 4.74 Å². The van der Waals surface area contributed by atoms with Gasteiger partial charge in [0, 0.05) is 0 Å². The summed E-state index contributed by atoms with van der Waals surface area (Å²) in [6.07, 6.45) is 1.44. The third-order valence-electron chi connectivity index (χ3n) is 3.39. The predicted octanol–water partition coefficient (Wildman–Crippen LogP) is 1.33. The maximum absolute atomic E-state index is 11.1. The first-order valence-electron chi connectivity index (χ1n) is 7.64. The monoisotopic (exact) mass is 325 g/mol. The standard InChI is InChI=1S/C17H19N5O2/c23-17-20-16(11-19-22-17)21-18-10-13-6-8-15(9-7-13)24-12-14-4-2-1-3-5-14/h1-10,16,19,21H,11-12H2,(H2,20,22,23)/b18-10+. The Morgan fingerprint density at radius 3 is 2.71 bits per heavy atom. The fourth-order valence-electron chi connectivity index (χ4n) is 2.15. The van der Waals surface area contributed by atoms with Crippen LogP contribution < -0.4 is 26.3 Å². The first-order valence-corrected chi connectivity index (χ1v) is 7.64. The molecule has 4 N–H and O–H groups in total. The predicted molar refractivity (Wildman–Crippen MR) is 91.4 cm³/mol. The van der Waals surface area contributed by atoms with Crippen molar-refractivity contribution in [1.82, 2.24) is 21.6 Å². The molecule has 24 heavy (non-hydrogen) atoms. The van der Waals surface area contributed by atoms with Gasteiger partial charge in [0.05, 0.1) is 12.8 Å². The Balaban J connectivity index is 1.47. The number of rotatable bonds is 6. The van der Waals surface area contributed by atoms with Crippen LogP contribution in [0.25, 0.3) is 0 Å². The number of hydrazine groups is 1. The van der Waals surface area contributed by atoms with Gasteiger partial charge in [-0.25, -0.2) is 10.2 Å². The van der Waals surface area contributed by atoms with Crippen molar-refractivity contribution in [2.45, 2.75) is 12.8 Å². The lowest BCUT2D eigenvalue weighted by atomic mass is 10.2. The average Bonchev–Trinajstić information content (AvgIpc) is 2.62. The second kappa shape index (κ2) is 7.98. The molecule has 1 atom stereocenters. The molecular formula is C17H19N5O2. The number of benzene rings is 2. The van der Waals surface area contributed by atoms with E-state index in [0.29, 0.717) is 13.2 Å². The molecule has 1 aliphatic heterocycles. The van der Waals surface area contributed by atoms with E-state index in [1.54, 1.807) is 6.21 Å². The number of hydrazone groups is 1. The molecule has 0 aromatic heterocycles. The van der Waals surface area contributed by atoms with Crippen LogP contribution in [0, 0.1) is 0 Å². The molecule has 3 rings (SSSR count). The summed E-state index contributed by atoms with van der Waals surface area (Å²) in [5, 5.41) is 6.81. The van der Waals surface area contributed by atoms with Gasteiger partial charge in [-0.2, -0.15) is 5.10 Å². The van der Waals surface area contributed by atoms with Gasteiger partial charge in [-0.1, -0.05) is 30.3 Å². The number of urea groups is 1. The minimum Gasteiger partial charge on any atom is -0.489 e. The molecule has 0 saturated carbocycles. The van der Waals surface area contributed by atoms with Crippen molar-refractivity contribution in [3.8, 4) is 5.75 Å². The molecule has 124 valence electrons. The van der Waals surface area contributed by atoms with Crippen molar-refractivity contribution < 1.29 is 9.53 Å². The number of carbonyl (C=O) groups excluding carboxylic acids is 1. The lowest BCUT2D eigenvalue weighted by Gasteiger charge is -2.24. The Morgan fingerprint density at radius 1 is 1.17 bits per heavy atom. The molecule has 0 spiro atoms. The molecule has 0 aliphatic carbocycles. The highest BCUT2D eigenvalue weighted by atomic mass is 16.5. The minimum atomic E-state index is -0.283. The summed E-state index contributed by atoms with van der Waals surface area (Å²) in [5.74, 6) is 0.804. The second-order valence-corrected chi connectivity index (χ2v) is 5.26. The van der Waals surface area contributed by atoms with E-state index in [0.717, 1.165) is 16.9 Å². The van der Waals surface area contributed by atoms with Crippen LogP contribution in [0.2, 0.25) is 0 Å². The van der Waals surface area contributed by atoms with Gasteiger partial charge < -0.3 is 10.1 Å². The zero-order valence-electron chi connectivity index (χ0n) is 13.0. The minimum absolute atomic E-state index is 0.247. The maximum atomic E-state index is 11.1. The van der Waals surface area contributed by atoms with E-state index in [9.17, 15) is 4.79 Å². The Bertz CT molecular complexity index is 688. The quantitative estimate of drug-likeness (QED) is 0.477. The summed E-state index contributed by atoms with van der Waals surface area (Å²) in [6.45, 7) is 1.08. The summed E-state index contributed by atoms with van der Waals surface area (Å²) in [5.41, 5.74) is 10.1. The Morgan fingerprint density at radius 2 is 1.96 bits per heavy atom. The van der Waals surface area contributed by atoms with Crippen LogP contribution in [-0.2, 0) is 6.61 Å². The zero-order valence-corrected chi connectivity index (χ0v) is 13.0. The third kappa shape index (κ3) is 4.72. The molecule has 1 heterocycles. The highest BCUT2D eigenvalue weighted by Crippen LogP contribution is 2.13. The summed E-state index contributed by atoms with van der Waals surface area (Å²) >= 11 is 0. The van der Waals surface area contributed by atoms with E-state index in [2.05, 4.69) is 26.7 Å². The number of ether oxygens (including phenoxy) is 1. The van der Waals surface area contributed by atoms with E-state index >= 15 is 0 Å². The molecule has 2 aromatic rings. The van der Waals surface area contributed by atoms with Crippen molar-refractivity contribution >= 4 is 12.2 Å². The first kappa shape index (κ1) is 15.8. The number of carbonyl (C=O) groups is 1. The lowest BCUT2D eigenvalue weighted by Crippen LogP contribution is -2.62. The van der Waals surface area contributed by atoms with Crippen LogP contribution in [0.1, 0.15) is 11.1 Å². The van der Waals surface area contributed by atoms with Gasteiger partial charge in [0.25, 0.3) is 0 Å². The van der Waals surface area contributed by atoms with Gasteiger partial charge >= 0.3 is 6.03 Å². The summed E-state index contributed by atoms with van der Waals surface area (Å²) in [6, 6.07) is 17.4. The van der Waals surface area contributed by atoms with Crippen molar-refractivity contribution in [1.29, 1.82) is 0 Å². The highest BCUT2D eigenvalue weighted by Gasteiger charge is 2.15. The average molecular weight is 325 g/mol. The van der Waals surface area contributed by atoms with Crippen LogP contribution in [-0.4, -0.2) is 25.0 Å². The van der Waals surface area contributed by atoms with Crippen molar-refractivity contribution in [3.05, 3.63) is 65.7 Å². The van der Waals surface area contributed by atoms with E-state index < -0.39 is 0 Å². The normalized spacial score (nSPS) is 17.2. The van der Waals surface area contributed by atoms with Crippen LogP contribution in [0.3, 0.4) is 0 Å². The molecule has 2 aromatic carbocycles. The maximum Gasteiger partial charge on any atom is 0.330 e. The SMILES string of the molecule is O=C1NNCC(N/N=C/c2ccc(OCc3ccccc3)cc2)N1. The van der Waals surface area contributed by atoms with Gasteiger partial charge in [0.1, 0.15) is 18.5 Å². The number of hydrogen-bond acceptors (Lipinski definition) is 5. The molecule has 1 unspecified atom stereocenters.